The Hall–Kier alpha value is -2.94. The van der Waals surface area contributed by atoms with Crippen LogP contribution in [0.15, 0.2) is 48.5 Å². The van der Waals surface area contributed by atoms with E-state index in [1.807, 2.05) is 24.3 Å². The maximum atomic E-state index is 12.9. The molecule has 2 aromatic rings. The number of methoxy groups -OCH3 is 1. The van der Waals surface area contributed by atoms with Crippen molar-refractivity contribution in [3.8, 4) is 11.5 Å². The average molecular weight is 569 g/mol. The van der Waals surface area contributed by atoms with Crippen molar-refractivity contribution in [1.82, 2.24) is 10.2 Å². The summed E-state index contributed by atoms with van der Waals surface area (Å²) in [6, 6.07) is 14.1. The summed E-state index contributed by atoms with van der Waals surface area (Å²) < 4.78 is 16.4. The highest BCUT2D eigenvalue weighted by atomic mass is 16.5. The van der Waals surface area contributed by atoms with Gasteiger partial charge in [0.1, 0.15) is 24.2 Å². The van der Waals surface area contributed by atoms with E-state index in [-0.39, 0.29) is 24.5 Å². The van der Waals surface area contributed by atoms with Crippen molar-refractivity contribution in [2.75, 3.05) is 46.6 Å². The molecule has 2 N–H and O–H groups in total. The van der Waals surface area contributed by atoms with Gasteiger partial charge in [-0.1, -0.05) is 38.3 Å². The minimum Gasteiger partial charge on any atom is -0.494 e. The van der Waals surface area contributed by atoms with Crippen molar-refractivity contribution in [3.05, 3.63) is 59.7 Å². The molecule has 41 heavy (non-hydrogen) atoms. The van der Waals surface area contributed by atoms with E-state index >= 15 is 0 Å². The molecule has 0 bridgehead atoms. The zero-order valence-electron chi connectivity index (χ0n) is 24.8. The summed E-state index contributed by atoms with van der Waals surface area (Å²) in [5.74, 6) is 1.30. The lowest BCUT2D eigenvalue weighted by Gasteiger charge is -2.29. The number of amides is 1. The molecule has 1 aliphatic rings. The molecule has 1 heterocycles. The number of carbonyl (C=O) groups is 2. The van der Waals surface area contributed by atoms with Gasteiger partial charge in [-0.15, -0.1) is 0 Å². The van der Waals surface area contributed by atoms with E-state index in [0.29, 0.717) is 44.1 Å². The first-order valence-corrected chi connectivity index (χ1v) is 15.2. The minimum atomic E-state index is -0.843. The van der Waals surface area contributed by atoms with E-state index < -0.39 is 12.1 Å². The Morgan fingerprint density at radius 3 is 2.17 bits per heavy atom. The Morgan fingerprint density at radius 2 is 1.51 bits per heavy atom. The van der Waals surface area contributed by atoms with Crippen LogP contribution in [0.5, 0.6) is 11.5 Å². The Balaban J connectivity index is 1.48. The largest absolute Gasteiger partial charge is 0.494 e. The molecule has 1 fully saturated rings. The molecule has 0 spiro atoms. The number of Topliss-reactive ketones (excluding diaryl/α,β-unsaturated/α-hetero) is 1. The molecule has 8 heteroatoms. The van der Waals surface area contributed by atoms with Gasteiger partial charge in [-0.05, 0) is 80.7 Å². The van der Waals surface area contributed by atoms with Crippen molar-refractivity contribution in [2.45, 2.75) is 76.9 Å². The van der Waals surface area contributed by atoms with Gasteiger partial charge in [0.2, 0.25) is 5.91 Å². The zero-order chi connectivity index (χ0) is 29.3. The van der Waals surface area contributed by atoms with E-state index in [2.05, 4.69) is 17.1 Å². The Kier molecular flexibility index (Phi) is 14.7. The summed E-state index contributed by atoms with van der Waals surface area (Å²) in [5.41, 5.74) is 1.35. The molecule has 3 rings (SSSR count). The lowest BCUT2D eigenvalue weighted by molar-refractivity contribution is -0.123. The normalized spacial score (nSPS) is 14.9. The number of hydrogen-bond acceptors (Lipinski definition) is 7. The number of aliphatic hydroxyl groups excluding tert-OH is 1. The molecule has 0 aromatic heterocycles. The summed E-state index contributed by atoms with van der Waals surface area (Å²) in [7, 11) is 1.62. The second-order valence-electron chi connectivity index (χ2n) is 10.7. The molecule has 2 atom stereocenters. The second-order valence-corrected chi connectivity index (χ2v) is 10.7. The van der Waals surface area contributed by atoms with Gasteiger partial charge in [0.05, 0.1) is 19.3 Å². The van der Waals surface area contributed by atoms with Gasteiger partial charge in [0.15, 0.2) is 5.78 Å². The molecule has 1 amide bonds. The van der Waals surface area contributed by atoms with Crippen LogP contribution in [0, 0.1) is 0 Å². The molecular weight excluding hydrogens is 520 g/mol. The van der Waals surface area contributed by atoms with Crippen LogP contribution in [0.1, 0.15) is 86.7 Å². The van der Waals surface area contributed by atoms with Crippen LogP contribution in [0.3, 0.4) is 0 Å². The molecular formula is C33H48N2O6. The first kappa shape index (κ1) is 32.6. The van der Waals surface area contributed by atoms with Crippen LogP contribution < -0.4 is 14.8 Å². The van der Waals surface area contributed by atoms with Crippen molar-refractivity contribution in [2.24, 2.45) is 0 Å². The lowest BCUT2D eigenvalue weighted by atomic mass is 10.0. The predicted molar refractivity (Wildman–Crippen MR) is 161 cm³/mol. The molecule has 1 saturated heterocycles. The monoisotopic (exact) mass is 568 g/mol. The summed E-state index contributed by atoms with van der Waals surface area (Å²) in [5, 5.41) is 14.3. The van der Waals surface area contributed by atoms with E-state index in [1.54, 1.807) is 31.4 Å². The van der Waals surface area contributed by atoms with Crippen LogP contribution in [-0.2, 0) is 9.53 Å². The SMILES string of the molecule is CCCCCCOc1ccc([C@@H](O)[C@@H](CN2CCCC2)NC(=O)CCCC(=O)c2ccc(OCCOC)cc2)cc1. The zero-order valence-corrected chi connectivity index (χ0v) is 24.8. The summed E-state index contributed by atoms with van der Waals surface area (Å²) in [6.07, 6.45) is 6.95. The Morgan fingerprint density at radius 1 is 0.854 bits per heavy atom. The highest BCUT2D eigenvalue weighted by Gasteiger charge is 2.26. The number of benzene rings is 2. The molecule has 0 radical (unpaired) electrons. The van der Waals surface area contributed by atoms with Gasteiger partial charge in [-0.25, -0.2) is 0 Å². The summed E-state index contributed by atoms with van der Waals surface area (Å²) in [4.78, 5) is 27.8. The maximum Gasteiger partial charge on any atom is 0.220 e. The molecule has 8 nitrogen and oxygen atoms in total. The quantitative estimate of drug-likeness (QED) is 0.164. The number of hydrogen-bond donors (Lipinski definition) is 2. The summed E-state index contributed by atoms with van der Waals surface area (Å²) >= 11 is 0. The molecule has 1 aliphatic heterocycles. The third-order valence-corrected chi connectivity index (χ3v) is 7.41. The predicted octanol–water partition coefficient (Wildman–Crippen LogP) is 5.34. The Bertz CT molecular complexity index is 1020. The van der Waals surface area contributed by atoms with Crippen LogP contribution >= 0.6 is 0 Å². The van der Waals surface area contributed by atoms with E-state index in [9.17, 15) is 14.7 Å². The third-order valence-electron chi connectivity index (χ3n) is 7.41. The minimum absolute atomic E-state index is 0.0115. The number of unbranched alkanes of at least 4 members (excludes halogenated alkanes) is 3. The topological polar surface area (TPSA) is 97.3 Å². The number of likely N-dealkylation sites (tertiary alicyclic amines) is 1. The number of nitrogens with one attached hydrogen (secondary N) is 1. The van der Waals surface area contributed by atoms with Gasteiger partial charge in [0, 0.05) is 32.1 Å². The van der Waals surface area contributed by atoms with Crippen molar-refractivity contribution in [3.63, 3.8) is 0 Å². The van der Waals surface area contributed by atoms with E-state index in [1.165, 1.54) is 12.8 Å². The molecule has 0 saturated carbocycles. The number of carbonyl (C=O) groups excluding carboxylic acids is 2. The first-order chi connectivity index (χ1) is 20.0. The lowest BCUT2D eigenvalue weighted by Crippen LogP contribution is -2.46. The molecule has 226 valence electrons. The molecule has 0 unspecified atom stereocenters. The van der Waals surface area contributed by atoms with Crippen molar-refractivity contribution >= 4 is 11.7 Å². The van der Waals surface area contributed by atoms with Gasteiger partial charge in [-0.3, -0.25) is 9.59 Å². The number of ketones is 1. The van der Waals surface area contributed by atoms with Gasteiger partial charge in [-0.2, -0.15) is 0 Å². The highest BCUT2D eigenvalue weighted by Crippen LogP contribution is 2.23. The maximum absolute atomic E-state index is 12.9. The number of aliphatic hydroxyl groups is 1. The number of nitrogens with zero attached hydrogens (tertiary/aromatic N) is 1. The second kappa shape index (κ2) is 18.5. The van der Waals surface area contributed by atoms with E-state index in [0.717, 1.165) is 50.1 Å². The molecule has 2 aromatic carbocycles. The van der Waals surface area contributed by atoms with Crippen LogP contribution in [-0.4, -0.2) is 74.3 Å². The first-order valence-electron chi connectivity index (χ1n) is 15.2. The summed E-state index contributed by atoms with van der Waals surface area (Å²) in [6.45, 7) is 6.34. The van der Waals surface area contributed by atoms with E-state index in [4.69, 9.17) is 14.2 Å². The van der Waals surface area contributed by atoms with Crippen molar-refractivity contribution in [1.29, 1.82) is 0 Å². The standard InChI is InChI=1S/C33H48N2O6/c1-3-4-5-8-22-40-28-18-14-27(15-19-28)33(38)30(25-35-20-6-7-21-35)34-32(37)11-9-10-31(36)26-12-16-29(17-13-26)41-24-23-39-2/h12-19,30,33,38H,3-11,20-25H2,1-2H3,(H,34,37)/t30-,33-/m1/s1. The van der Waals surface area contributed by atoms with Gasteiger partial charge in [0.25, 0.3) is 0 Å². The molecule has 0 aliphatic carbocycles. The fourth-order valence-corrected chi connectivity index (χ4v) is 4.99. The van der Waals surface area contributed by atoms with Crippen LogP contribution in [0.2, 0.25) is 0 Å². The van der Waals surface area contributed by atoms with Crippen LogP contribution in [0.25, 0.3) is 0 Å². The highest BCUT2D eigenvalue weighted by molar-refractivity contribution is 5.96. The smallest absolute Gasteiger partial charge is 0.220 e. The number of rotatable bonds is 20. The fraction of sp³-hybridized carbons (Fsp3) is 0.576. The fourth-order valence-electron chi connectivity index (χ4n) is 4.99. The Labute approximate surface area is 245 Å². The number of ether oxygens (including phenoxy) is 3. The van der Waals surface area contributed by atoms with Gasteiger partial charge < -0.3 is 29.5 Å². The van der Waals surface area contributed by atoms with Crippen LogP contribution in [0.4, 0.5) is 0 Å². The third kappa shape index (κ3) is 11.8. The average Bonchev–Trinajstić information content (AvgIpc) is 3.50. The van der Waals surface area contributed by atoms with Crippen molar-refractivity contribution < 1.29 is 28.9 Å². The van der Waals surface area contributed by atoms with Gasteiger partial charge >= 0.3 is 0 Å².